The summed E-state index contributed by atoms with van der Waals surface area (Å²) in [5, 5.41) is 6.64. The molecule has 0 aliphatic rings. The molecule has 0 spiro atoms. The van der Waals surface area contributed by atoms with Gasteiger partial charge in [-0.15, -0.1) is 24.0 Å². The van der Waals surface area contributed by atoms with Gasteiger partial charge in [0.05, 0.1) is 6.54 Å². The minimum atomic E-state index is -0.416. The van der Waals surface area contributed by atoms with Crippen molar-refractivity contribution in [2.75, 3.05) is 13.1 Å². The van der Waals surface area contributed by atoms with E-state index in [-0.39, 0.29) is 29.4 Å². The van der Waals surface area contributed by atoms with Gasteiger partial charge in [0.25, 0.3) is 0 Å². The van der Waals surface area contributed by atoms with Gasteiger partial charge < -0.3 is 16.4 Å². The van der Waals surface area contributed by atoms with Gasteiger partial charge in [0.15, 0.2) is 5.96 Å². The Balaban J connectivity index is 0.00000420. The number of hydrogen-bond donors (Lipinski definition) is 3. The van der Waals surface area contributed by atoms with Gasteiger partial charge in [-0.05, 0) is 47.6 Å². The van der Waals surface area contributed by atoms with Gasteiger partial charge in [-0.3, -0.25) is 4.79 Å². The third-order valence-electron chi connectivity index (χ3n) is 4.53. The van der Waals surface area contributed by atoms with Crippen LogP contribution in [0.15, 0.2) is 53.5 Å². The summed E-state index contributed by atoms with van der Waals surface area (Å²) < 4.78 is 0. The minimum absolute atomic E-state index is 0. The molecular weight excluding hydrogens is 475 g/mol. The summed E-state index contributed by atoms with van der Waals surface area (Å²) in [4.78, 5) is 15.8. The van der Waals surface area contributed by atoms with Crippen LogP contribution >= 0.6 is 24.0 Å². The number of nitrogens with one attached hydrogen (secondary N) is 2. The molecule has 0 atom stereocenters. The molecule has 2 rings (SSSR count). The van der Waals surface area contributed by atoms with Crippen LogP contribution in [0.2, 0.25) is 0 Å². The Morgan fingerprint density at radius 1 is 0.966 bits per heavy atom. The molecule has 0 aliphatic carbocycles. The van der Waals surface area contributed by atoms with Gasteiger partial charge in [0.1, 0.15) is 0 Å². The molecule has 0 bridgehead atoms. The van der Waals surface area contributed by atoms with Crippen molar-refractivity contribution in [3.63, 3.8) is 0 Å². The summed E-state index contributed by atoms with van der Waals surface area (Å²) in [6, 6.07) is 16.0. The van der Waals surface area contributed by atoms with Crippen molar-refractivity contribution in [1.29, 1.82) is 0 Å². The van der Waals surface area contributed by atoms with Crippen LogP contribution in [0, 0.1) is 0 Å². The minimum Gasteiger partial charge on any atom is -0.366 e. The van der Waals surface area contributed by atoms with Crippen molar-refractivity contribution in [2.45, 2.75) is 46.1 Å². The van der Waals surface area contributed by atoms with E-state index >= 15 is 0 Å². The van der Waals surface area contributed by atoms with E-state index in [2.05, 4.69) is 60.7 Å². The zero-order valence-electron chi connectivity index (χ0n) is 17.8. The monoisotopic (exact) mass is 508 g/mol. The summed E-state index contributed by atoms with van der Waals surface area (Å²) in [6.45, 7) is 10.9. The molecule has 0 aliphatic heterocycles. The molecule has 158 valence electrons. The number of guanidine groups is 1. The number of primary amides is 1. The van der Waals surface area contributed by atoms with E-state index in [0.717, 1.165) is 31.0 Å². The van der Waals surface area contributed by atoms with E-state index in [1.54, 1.807) is 12.1 Å². The molecule has 2 aromatic carbocycles. The molecule has 2 aromatic rings. The molecule has 0 saturated carbocycles. The summed E-state index contributed by atoms with van der Waals surface area (Å²) in [6.07, 6.45) is 0.933. The summed E-state index contributed by atoms with van der Waals surface area (Å²) in [5.41, 5.74) is 9.64. The number of rotatable bonds is 7. The maximum absolute atomic E-state index is 11.1. The van der Waals surface area contributed by atoms with Crippen LogP contribution in [0.25, 0.3) is 0 Å². The Morgan fingerprint density at radius 3 is 2.07 bits per heavy atom. The Kier molecular flexibility index (Phi) is 10.2. The average Bonchev–Trinajstić information content (AvgIpc) is 2.66. The van der Waals surface area contributed by atoms with E-state index in [9.17, 15) is 4.79 Å². The third-order valence-corrected chi connectivity index (χ3v) is 4.53. The summed E-state index contributed by atoms with van der Waals surface area (Å²) in [5.74, 6) is 0.369. The second-order valence-corrected chi connectivity index (χ2v) is 7.88. The van der Waals surface area contributed by atoms with E-state index in [1.807, 2.05) is 19.1 Å². The number of halogens is 1. The third kappa shape index (κ3) is 8.43. The maximum Gasteiger partial charge on any atom is 0.248 e. The average molecular weight is 508 g/mol. The van der Waals surface area contributed by atoms with Gasteiger partial charge in [-0.2, -0.15) is 0 Å². The lowest BCUT2D eigenvalue weighted by Crippen LogP contribution is -2.38. The fourth-order valence-corrected chi connectivity index (χ4v) is 2.78. The van der Waals surface area contributed by atoms with E-state index < -0.39 is 5.91 Å². The number of carbonyl (C=O) groups excluding carboxylic acids is 1. The van der Waals surface area contributed by atoms with Crippen molar-refractivity contribution in [1.82, 2.24) is 10.6 Å². The van der Waals surface area contributed by atoms with E-state index in [0.29, 0.717) is 12.1 Å². The van der Waals surface area contributed by atoms with Crippen LogP contribution in [0.3, 0.4) is 0 Å². The van der Waals surface area contributed by atoms with Gasteiger partial charge in [0, 0.05) is 18.7 Å². The van der Waals surface area contributed by atoms with Crippen LogP contribution in [-0.2, 0) is 18.4 Å². The zero-order chi connectivity index (χ0) is 20.6. The van der Waals surface area contributed by atoms with Crippen LogP contribution in [-0.4, -0.2) is 25.0 Å². The predicted octanol–water partition coefficient (Wildman–Crippen LogP) is 4.00. The fraction of sp³-hybridized carbons (Fsp3) is 0.391. The molecule has 6 heteroatoms. The Bertz CT molecular complexity index is 793. The molecule has 0 fully saturated rings. The fourth-order valence-electron chi connectivity index (χ4n) is 2.78. The smallest absolute Gasteiger partial charge is 0.248 e. The predicted molar refractivity (Wildman–Crippen MR) is 132 cm³/mol. The first-order valence-electron chi connectivity index (χ1n) is 9.80. The highest BCUT2D eigenvalue weighted by Gasteiger charge is 2.12. The second kappa shape index (κ2) is 11.8. The molecule has 0 heterocycles. The number of nitrogens with zero attached hydrogens (tertiary/aromatic N) is 1. The number of aliphatic imine (C=N–C) groups is 1. The standard InChI is InChI=1S/C23H32N4O.HI/c1-5-25-22(27-16-18-6-10-19(11-7-18)21(24)28)26-15-14-17-8-12-20(13-9-17)23(2,3)4;/h6-13H,5,14-16H2,1-4H3,(H2,24,28)(H2,25,26,27);1H. The van der Waals surface area contributed by atoms with Crippen molar-refractivity contribution in [2.24, 2.45) is 10.7 Å². The van der Waals surface area contributed by atoms with Crippen molar-refractivity contribution in [3.05, 3.63) is 70.8 Å². The van der Waals surface area contributed by atoms with Gasteiger partial charge >= 0.3 is 0 Å². The molecule has 29 heavy (non-hydrogen) atoms. The van der Waals surface area contributed by atoms with Crippen LogP contribution in [0.1, 0.15) is 54.7 Å². The molecule has 0 radical (unpaired) electrons. The second-order valence-electron chi connectivity index (χ2n) is 7.88. The highest BCUT2D eigenvalue weighted by atomic mass is 127. The van der Waals surface area contributed by atoms with Crippen molar-refractivity contribution in [3.8, 4) is 0 Å². The number of benzene rings is 2. The number of hydrogen-bond acceptors (Lipinski definition) is 2. The molecule has 1 amide bonds. The molecule has 0 aromatic heterocycles. The topological polar surface area (TPSA) is 79.5 Å². The van der Waals surface area contributed by atoms with Crippen LogP contribution in [0.4, 0.5) is 0 Å². The van der Waals surface area contributed by atoms with Crippen molar-refractivity contribution < 1.29 is 4.79 Å². The summed E-state index contributed by atoms with van der Waals surface area (Å²) >= 11 is 0. The Labute approximate surface area is 191 Å². The van der Waals surface area contributed by atoms with Gasteiger partial charge in [-0.1, -0.05) is 57.2 Å². The first-order valence-corrected chi connectivity index (χ1v) is 9.80. The Hall–Kier alpha value is -2.09. The molecule has 0 unspecified atom stereocenters. The first kappa shape index (κ1) is 24.9. The van der Waals surface area contributed by atoms with Crippen molar-refractivity contribution >= 4 is 35.8 Å². The quantitative estimate of drug-likeness (QED) is 0.301. The first-order chi connectivity index (χ1) is 13.3. The Morgan fingerprint density at radius 2 is 1.55 bits per heavy atom. The molecule has 5 nitrogen and oxygen atoms in total. The molecule has 4 N–H and O–H groups in total. The lowest BCUT2D eigenvalue weighted by atomic mass is 9.86. The summed E-state index contributed by atoms with van der Waals surface area (Å²) in [7, 11) is 0. The largest absolute Gasteiger partial charge is 0.366 e. The number of nitrogens with two attached hydrogens (primary N) is 1. The SMILES string of the molecule is CCNC(=NCc1ccc(C(N)=O)cc1)NCCc1ccc(C(C)(C)C)cc1.I. The highest BCUT2D eigenvalue weighted by Crippen LogP contribution is 2.22. The lowest BCUT2D eigenvalue weighted by molar-refractivity contribution is 0.100. The van der Waals surface area contributed by atoms with E-state index in [1.165, 1.54) is 11.1 Å². The number of carbonyl (C=O) groups is 1. The van der Waals surface area contributed by atoms with Gasteiger partial charge in [-0.25, -0.2) is 4.99 Å². The van der Waals surface area contributed by atoms with Crippen LogP contribution < -0.4 is 16.4 Å². The maximum atomic E-state index is 11.1. The van der Waals surface area contributed by atoms with E-state index in [4.69, 9.17) is 5.73 Å². The lowest BCUT2D eigenvalue weighted by Gasteiger charge is -2.19. The van der Waals surface area contributed by atoms with Gasteiger partial charge in [0.2, 0.25) is 5.91 Å². The molecular formula is C23H33IN4O. The van der Waals surface area contributed by atoms with Crippen LogP contribution in [0.5, 0.6) is 0 Å². The normalized spacial score (nSPS) is 11.5. The molecule has 0 saturated heterocycles. The highest BCUT2D eigenvalue weighted by molar-refractivity contribution is 14.0. The number of amides is 1. The zero-order valence-corrected chi connectivity index (χ0v) is 20.1.